The van der Waals surface area contributed by atoms with Gasteiger partial charge < -0.3 is 5.32 Å². The molecule has 2 N–H and O–H groups in total. The summed E-state index contributed by atoms with van der Waals surface area (Å²) in [6.45, 7) is 3.72. The summed E-state index contributed by atoms with van der Waals surface area (Å²) in [6.07, 6.45) is 0.714. The predicted molar refractivity (Wildman–Crippen MR) is 48.1 cm³/mol. The van der Waals surface area contributed by atoms with Gasteiger partial charge in [-0.3, -0.25) is 10.2 Å². The molecule has 0 spiro atoms. The number of carbonyl (C=O) groups is 1. The molecule has 1 aliphatic rings. The van der Waals surface area contributed by atoms with E-state index in [2.05, 4.69) is 10.7 Å². The van der Waals surface area contributed by atoms with Crippen LogP contribution in [-0.4, -0.2) is 37.6 Å². The molecule has 1 amide bonds. The standard InChI is InChI=1S/C5H11N3O.2ClH/c9-5-7-8-3-1-6-2-4-8;;/h5-6H,1-4H2,(H,7,9);2*1H. The highest BCUT2D eigenvalue weighted by Crippen LogP contribution is 1.83. The second-order valence-electron chi connectivity index (χ2n) is 1.98. The third kappa shape index (κ3) is 5.26. The number of nitrogens with one attached hydrogen (secondary N) is 2. The average molecular weight is 202 g/mol. The number of amides is 1. The molecule has 0 aliphatic carbocycles. The quantitative estimate of drug-likeness (QED) is 0.587. The van der Waals surface area contributed by atoms with Gasteiger partial charge in [0, 0.05) is 26.2 Å². The SMILES string of the molecule is Cl.Cl.O=CNN1CCNCC1. The number of carbonyl (C=O) groups excluding carboxylic acids is 1. The zero-order valence-electron chi connectivity index (χ0n) is 6.08. The van der Waals surface area contributed by atoms with Crippen LogP contribution in [0.2, 0.25) is 0 Å². The van der Waals surface area contributed by atoms with E-state index in [-0.39, 0.29) is 24.8 Å². The summed E-state index contributed by atoms with van der Waals surface area (Å²) in [7, 11) is 0. The van der Waals surface area contributed by atoms with Gasteiger partial charge in [0.25, 0.3) is 0 Å². The molecule has 1 heterocycles. The minimum absolute atomic E-state index is 0. The van der Waals surface area contributed by atoms with E-state index in [1.54, 1.807) is 0 Å². The van der Waals surface area contributed by atoms with Crippen molar-refractivity contribution in [1.29, 1.82) is 0 Å². The van der Waals surface area contributed by atoms with E-state index in [1.807, 2.05) is 5.01 Å². The maximum atomic E-state index is 9.90. The van der Waals surface area contributed by atoms with E-state index in [9.17, 15) is 4.79 Å². The molecular formula is C5H13Cl2N3O. The van der Waals surface area contributed by atoms with E-state index >= 15 is 0 Å². The van der Waals surface area contributed by atoms with Crippen molar-refractivity contribution in [1.82, 2.24) is 15.8 Å². The Balaban J connectivity index is 0. The molecule has 68 valence electrons. The molecular weight excluding hydrogens is 189 g/mol. The fraction of sp³-hybridized carbons (Fsp3) is 0.800. The van der Waals surface area contributed by atoms with E-state index in [4.69, 9.17) is 0 Å². The molecule has 0 radical (unpaired) electrons. The van der Waals surface area contributed by atoms with Gasteiger partial charge in [-0.15, -0.1) is 24.8 Å². The molecule has 0 bridgehead atoms. The minimum atomic E-state index is 0. The third-order valence-electron chi connectivity index (χ3n) is 1.35. The van der Waals surface area contributed by atoms with E-state index < -0.39 is 0 Å². The smallest absolute Gasteiger partial charge is 0.221 e. The number of nitrogens with zero attached hydrogens (tertiary/aromatic N) is 1. The van der Waals surface area contributed by atoms with Gasteiger partial charge in [0.1, 0.15) is 0 Å². The summed E-state index contributed by atoms with van der Waals surface area (Å²) in [6, 6.07) is 0. The monoisotopic (exact) mass is 201 g/mol. The molecule has 0 saturated carbocycles. The lowest BCUT2D eigenvalue weighted by Crippen LogP contribution is -2.49. The highest BCUT2D eigenvalue weighted by Gasteiger charge is 2.06. The normalized spacial score (nSPS) is 17.5. The van der Waals surface area contributed by atoms with Crippen molar-refractivity contribution in [2.75, 3.05) is 26.2 Å². The maximum absolute atomic E-state index is 9.90. The molecule has 0 unspecified atom stereocenters. The van der Waals surface area contributed by atoms with Gasteiger partial charge in [-0.1, -0.05) is 0 Å². The van der Waals surface area contributed by atoms with Gasteiger partial charge in [0.2, 0.25) is 6.41 Å². The Labute approximate surface area is 78.5 Å². The lowest BCUT2D eigenvalue weighted by Gasteiger charge is -2.25. The lowest BCUT2D eigenvalue weighted by molar-refractivity contribution is -0.114. The van der Waals surface area contributed by atoms with Crippen molar-refractivity contribution in [3.63, 3.8) is 0 Å². The Hall–Kier alpha value is -0.0300. The summed E-state index contributed by atoms with van der Waals surface area (Å²) in [5, 5.41) is 5.07. The zero-order chi connectivity index (χ0) is 6.53. The van der Waals surface area contributed by atoms with Crippen LogP contribution < -0.4 is 10.7 Å². The first kappa shape index (κ1) is 13.6. The second kappa shape index (κ2) is 8.07. The van der Waals surface area contributed by atoms with Crippen LogP contribution >= 0.6 is 24.8 Å². The van der Waals surface area contributed by atoms with Gasteiger partial charge in [-0.05, 0) is 0 Å². The van der Waals surface area contributed by atoms with Crippen LogP contribution in [0.5, 0.6) is 0 Å². The molecule has 1 rings (SSSR count). The topological polar surface area (TPSA) is 44.4 Å². The van der Waals surface area contributed by atoms with E-state index in [1.165, 1.54) is 0 Å². The third-order valence-corrected chi connectivity index (χ3v) is 1.35. The Morgan fingerprint density at radius 2 is 1.82 bits per heavy atom. The summed E-state index contributed by atoms with van der Waals surface area (Å²) in [4.78, 5) is 9.90. The number of hydrogen-bond acceptors (Lipinski definition) is 3. The number of hydrogen-bond donors (Lipinski definition) is 2. The average Bonchev–Trinajstić information content (AvgIpc) is 1.91. The van der Waals surface area contributed by atoms with Crippen LogP contribution in [0.1, 0.15) is 0 Å². The number of hydrazine groups is 1. The molecule has 0 aromatic heterocycles. The first-order valence-electron chi connectivity index (χ1n) is 3.09. The molecule has 1 aliphatic heterocycles. The summed E-state index contributed by atoms with van der Waals surface area (Å²) >= 11 is 0. The fourth-order valence-corrected chi connectivity index (χ4v) is 0.868. The van der Waals surface area contributed by atoms with Crippen molar-refractivity contribution in [2.24, 2.45) is 0 Å². The maximum Gasteiger partial charge on any atom is 0.221 e. The highest BCUT2D eigenvalue weighted by atomic mass is 35.5. The molecule has 1 fully saturated rings. The molecule has 0 atom stereocenters. The molecule has 1 saturated heterocycles. The molecule has 0 aromatic rings. The Morgan fingerprint density at radius 1 is 1.27 bits per heavy atom. The summed E-state index contributed by atoms with van der Waals surface area (Å²) < 4.78 is 0. The number of rotatable bonds is 2. The predicted octanol–water partition coefficient (Wildman–Crippen LogP) is -0.604. The Kier molecular flexibility index (Phi) is 9.94. The van der Waals surface area contributed by atoms with Crippen LogP contribution in [-0.2, 0) is 4.79 Å². The highest BCUT2D eigenvalue weighted by molar-refractivity contribution is 5.85. The number of piperazine rings is 1. The number of halogens is 2. The van der Waals surface area contributed by atoms with Crippen molar-refractivity contribution >= 4 is 31.2 Å². The van der Waals surface area contributed by atoms with E-state index in [0.29, 0.717) is 6.41 Å². The van der Waals surface area contributed by atoms with Gasteiger partial charge in [-0.25, -0.2) is 5.01 Å². The second-order valence-corrected chi connectivity index (χ2v) is 1.98. The van der Waals surface area contributed by atoms with Crippen molar-refractivity contribution in [2.45, 2.75) is 0 Å². The van der Waals surface area contributed by atoms with E-state index in [0.717, 1.165) is 26.2 Å². The van der Waals surface area contributed by atoms with Gasteiger partial charge in [0.15, 0.2) is 0 Å². The van der Waals surface area contributed by atoms with Crippen LogP contribution in [0, 0.1) is 0 Å². The van der Waals surface area contributed by atoms with Crippen molar-refractivity contribution in [3.8, 4) is 0 Å². The molecule has 11 heavy (non-hydrogen) atoms. The van der Waals surface area contributed by atoms with Crippen LogP contribution in [0.3, 0.4) is 0 Å². The lowest BCUT2D eigenvalue weighted by atomic mass is 10.4. The van der Waals surface area contributed by atoms with Crippen LogP contribution in [0.25, 0.3) is 0 Å². The van der Waals surface area contributed by atoms with Gasteiger partial charge in [-0.2, -0.15) is 0 Å². The minimum Gasteiger partial charge on any atom is -0.314 e. The Morgan fingerprint density at radius 3 is 2.27 bits per heavy atom. The van der Waals surface area contributed by atoms with Gasteiger partial charge >= 0.3 is 0 Å². The van der Waals surface area contributed by atoms with Crippen molar-refractivity contribution in [3.05, 3.63) is 0 Å². The first-order valence-corrected chi connectivity index (χ1v) is 3.09. The largest absolute Gasteiger partial charge is 0.314 e. The zero-order valence-corrected chi connectivity index (χ0v) is 7.71. The van der Waals surface area contributed by atoms with Gasteiger partial charge in [0.05, 0.1) is 0 Å². The Bertz CT molecular complexity index is 97.7. The molecule has 0 aromatic carbocycles. The van der Waals surface area contributed by atoms with Crippen molar-refractivity contribution < 1.29 is 4.79 Å². The van der Waals surface area contributed by atoms with Crippen LogP contribution in [0.15, 0.2) is 0 Å². The van der Waals surface area contributed by atoms with Crippen LogP contribution in [0.4, 0.5) is 0 Å². The summed E-state index contributed by atoms with van der Waals surface area (Å²) in [5.74, 6) is 0. The summed E-state index contributed by atoms with van der Waals surface area (Å²) in [5.41, 5.74) is 2.60. The molecule has 4 nitrogen and oxygen atoms in total. The first-order chi connectivity index (χ1) is 4.43. The molecule has 6 heteroatoms. The fourth-order valence-electron chi connectivity index (χ4n) is 0.868.